The molecule has 0 saturated carbocycles. The maximum absolute atomic E-state index is 4.24. The summed E-state index contributed by atoms with van der Waals surface area (Å²) in [7, 11) is 0. The fraction of sp³-hybridized carbons (Fsp3) is 0.269. The summed E-state index contributed by atoms with van der Waals surface area (Å²) in [5, 5.41) is 11.6. The highest BCUT2D eigenvalue weighted by atomic mass is 32.2. The number of benzene rings is 2. The fourth-order valence-corrected chi connectivity index (χ4v) is 13.3. The van der Waals surface area contributed by atoms with Gasteiger partial charge in [0.15, 0.2) is 6.29 Å². The average molecular weight is 778 g/mol. The van der Waals surface area contributed by atoms with Gasteiger partial charge in [-0.15, -0.1) is 23.1 Å². The number of rotatable bonds is 5. The molecule has 4 aromatic rings. The molecule has 5 heteroatoms. The average Bonchev–Trinajstić information content (AvgIpc) is 3.95. The lowest BCUT2D eigenvalue weighted by atomic mass is 9.74. The van der Waals surface area contributed by atoms with Crippen molar-refractivity contribution in [2.45, 2.75) is 68.9 Å². The highest BCUT2D eigenvalue weighted by Crippen LogP contribution is 2.52. The van der Waals surface area contributed by atoms with Crippen molar-refractivity contribution in [3.05, 3.63) is 182 Å². The first-order valence-electron chi connectivity index (χ1n) is 21.2. The van der Waals surface area contributed by atoms with Crippen molar-refractivity contribution in [2.24, 2.45) is 17.8 Å². The predicted molar refractivity (Wildman–Crippen MR) is 244 cm³/mol. The number of hydrogen-bond donors (Lipinski definition) is 2. The third kappa shape index (κ3) is 5.88. The van der Waals surface area contributed by atoms with Crippen LogP contribution in [0.4, 0.5) is 0 Å². The molecule has 57 heavy (non-hydrogen) atoms. The van der Waals surface area contributed by atoms with Crippen molar-refractivity contribution in [3.63, 3.8) is 0 Å². The Morgan fingerprint density at radius 1 is 0.754 bits per heavy atom. The van der Waals surface area contributed by atoms with E-state index in [-0.39, 0.29) is 18.2 Å². The third-order valence-corrected chi connectivity index (χ3v) is 16.1. The van der Waals surface area contributed by atoms with Crippen molar-refractivity contribution >= 4 is 61.8 Å². The Balaban J connectivity index is 0.964. The van der Waals surface area contributed by atoms with Crippen LogP contribution in [0.3, 0.4) is 0 Å². The zero-order valence-electron chi connectivity index (χ0n) is 32.2. The number of hydrogen-bond acceptors (Lipinski definition) is 4. The minimum atomic E-state index is -0.0866. The van der Waals surface area contributed by atoms with Crippen LogP contribution in [0.5, 0.6) is 0 Å². The summed E-state index contributed by atoms with van der Waals surface area (Å²) in [4.78, 5) is 2.95. The second kappa shape index (κ2) is 13.9. The van der Waals surface area contributed by atoms with Crippen LogP contribution in [0.2, 0.25) is 0 Å². The van der Waals surface area contributed by atoms with E-state index in [0.29, 0.717) is 17.1 Å². The molecule has 6 atom stereocenters. The lowest BCUT2D eigenvalue weighted by molar-refractivity contribution is 0.288. The molecule has 0 saturated heterocycles. The van der Waals surface area contributed by atoms with Crippen molar-refractivity contribution in [1.29, 1.82) is 0 Å². The first-order valence-corrected chi connectivity index (χ1v) is 22.9. The van der Waals surface area contributed by atoms with E-state index in [1.54, 1.807) is 11.1 Å². The zero-order chi connectivity index (χ0) is 37.5. The molecular weight excluding hydrogens is 731 g/mol. The van der Waals surface area contributed by atoms with E-state index in [1.807, 2.05) is 11.3 Å². The van der Waals surface area contributed by atoms with Gasteiger partial charge in [0.05, 0.1) is 5.52 Å². The van der Waals surface area contributed by atoms with E-state index in [2.05, 4.69) is 167 Å². The molecule has 3 nitrogen and oxygen atoms in total. The molecule has 2 aromatic heterocycles. The molecule has 2 aromatic carbocycles. The quantitative estimate of drug-likeness (QED) is 0.211. The van der Waals surface area contributed by atoms with Gasteiger partial charge in [0.25, 0.3) is 0 Å². The molecule has 2 aliphatic heterocycles. The van der Waals surface area contributed by atoms with Crippen LogP contribution in [0.15, 0.2) is 155 Å². The van der Waals surface area contributed by atoms with E-state index in [9.17, 15) is 0 Å². The summed E-state index contributed by atoms with van der Waals surface area (Å²) in [5.74, 6) is 1.19. The summed E-state index contributed by atoms with van der Waals surface area (Å²) < 4.78 is 3.96. The minimum absolute atomic E-state index is 0.0866. The SMILES string of the molecule is C1=CC2SC3=C(CC(C4=CC(c5ccc6sc7c(c6c5)CCC=C7)=CC(C5C=C(C6=CCCC=C6)NC(n6c7c(c8ccccc86)CCC=C7)N5)C4)C=C3)C2C=C1. The number of aryl methyl sites for hydroxylation is 2. The molecule has 0 fully saturated rings. The number of aromatic nitrogens is 1. The Kier molecular flexibility index (Phi) is 8.37. The van der Waals surface area contributed by atoms with Gasteiger partial charge in [-0.3, -0.25) is 5.32 Å². The number of allylic oxidation sites excluding steroid dienone is 14. The normalized spacial score (nSPS) is 28.4. The molecule has 4 heterocycles. The first kappa shape index (κ1) is 34.3. The van der Waals surface area contributed by atoms with E-state index in [0.717, 1.165) is 51.4 Å². The highest BCUT2D eigenvalue weighted by molar-refractivity contribution is 8.04. The number of fused-ring (bicyclic) bond motifs is 8. The van der Waals surface area contributed by atoms with Gasteiger partial charge >= 0.3 is 0 Å². The minimum Gasteiger partial charge on any atom is -0.352 e. The number of para-hydroxylation sites is 1. The fourth-order valence-electron chi connectivity index (χ4n) is 10.8. The predicted octanol–water partition coefficient (Wildman–Crippen LogP) is 12.7. The van der Waals surface area contributed by atoms with Crippen LogP contribution in [-0.2, 0) is 12.8 Å². The number of thioether (sulfide) groups is 1. The number of nitrogens with one attached hydrogen (secondary N) is 2. The van der Waals surface area contributed by atoms with Gasteiger partial charge in [-0.2, -0.15) is 0 Å². The van der Waals surface area contributed by atoms with Gasteiger partial charge in [-0.05, 0) is 127 Å². The maximum Gasteiger partial charge on any atom is 0.160 e. The summed E-state index contributed by atoms with van der Waals surface area (Å²) in [6.07, 6.45) is 47.3. The summed E-state index contributed by atoms with van der Waals surface area (Å²) in [6.45, 7) is 0. The summed E-state index contributed by atoms with van der Waals surface area (Å²) in [6, 6.07) is 16.5. The van der Waals surface area contributed by atoms with Crippen LogP contribution in [0, 0.1) is 17.8 Å². The summed E-state index contributed by atoms with van der Waals surface area (Å²) >= 11 is 4.01. The molecule has 8 aliphatic rings. The Bertz CT molecular complexity index is 2710. The monoisotopic (exact) mass is 777 g/mol. The topological polar surface area (TPSA) is 29.0 Å². The zero-order valence-corrected chi connectivity index (χ0v) is 33.8. The molecule has 0 spiro atoms. The Labute approximate surface area is 344 Å². The van der Waals surface area contributed by atoms with E-state index >= 15 is 0 Å². The third-order valence-electron chi connectivity index (χ3n) is 13.6. The molecule has 0 bridgehead atoms. The molecule has 282 valence electrons. The van der Waals surface area contributed by atoms with Crippen LogP contribution in [0.1, 0.15) is 72.1 Å². The second-order valence-corrected chi connectivity index (χ2v) is 19.2. The van der Waals surface area contributed by atoms with Crippen LogP contribution >= 0.6 is 23.1 Å². The first-order chi connectivity index (χ1) is 28.2. The van der Waals surface area contributed by atoms with Gasteiger partial charge in [0.2, 0.25) is 0 Å². The largest absolute Gasteiger partial charge is 0.352 e. The Morgan fingerprint density at radius 3 is 2.60 bits per heavy atom. The van der Waals surface area contributed by atoms with Gasteiger partial charge in [-0.25, -0.2) is 0 Å². The van der Waals surface area contributed by atoms with E-state index < -0.39 is 0 Å². The highest BCUT2D eigenvalue weighted by Gasteiger charge is 2.38. The lowest BCUT2D eigenvalue weighted by Gasteiger charge is -2.39. The Hall–Kier alpha value is -4.81. The smallest absolute Gasteiger partial charge is 0.160 e. The maximum atomic E-state index is 4.24. The molecule has 0 radical (unpaired) electrons. The Morgan fingerprint density at radius 2 is 1.65 bits per heavy atom. The summed E-state index contributed by atoms with van der Waals surface area (Å²) in [5.41, 5.74) is 14.1. The van der Waals surface area contributed by atoms with Crippen molar-refractivity contribution < 1.29 is 0 Å². The van der Waals surface area contributed by atoms with Gasteiger partial charge < -0.3 is 9.88 Å². The van der Waals surface area contributed by atoms with Crippen LogP contribution < -0.4 is 10.6 Å². The second-order valence-electron chi connectivity index (χ2n) is 16.9. The van der Waals surface area contributed by atoms with Gasteiger partial charge in [-0.1, -0.05) is 109 Å². The van der Waals surface area contributed by atoms with Gasteiger partial charge in [0.1, 0.15) is 0 Å². The van der Waals surface area contributed by atoms with E-state index in [1.165, 1.54) is 70.0 Å². The molecule has 6 aliphatic carbocycles. The van der Waals surface area contributed by atoms with Crippen LogP contribution in [0.25, 0.3) is 38.7 Å². The van der Waals surface area contributed by atoms with Crippen molar-refractivity contribution in [2.75, 3.05) is 0 Å². The molecular formula is C52H47N3S2. The molecule has 12 rings (SSSR count). The standard InChI is InChI=1S/C52H47N3S2/c1-2-12-32(13-3-1)44-31-45(54-52(53-44)55-46-18-8-4-14-38(46)39-15-5-9-19-47(39)55)37-27-35(33-22-24-50-42(29-33)40-16-6-10-20-48(40)56-50)26-36(28-37)34-23-25-51-43(30-34)41-17-7-11-21-49(41)57-51/h2,4,6,8-14,16,18-26,28,30-31,33,37,40,45,48,52-54H,1,3,5,7,15,17,27,29H2. The lowest BCUT2D eigenvalue weighted by Crippen LogP contribution is -2.50. The van der Waals surface area contributed by atoms with Crippen molar-refractivity contribution in [3.8, 4) is 0 Å². The number of nitrogens with zero attached hydrogens (tertiary/aromatic N) is 1. The van der Waals surface area contributed by atoms with Crippen molar-refractivity contribution in [1.82, 2.24) is 15.2 Å². The number of thiophene rings is 1. The van der Waals surface area contributed by atoms with E-state index in [4.69, 9.17) is 0 Å². The van der Waals surface area contributed by atoms with Gasteiger partial charge in [0, 0.05) is 60.3 Å². The van der Waals surface area contributed by atoms with Crippen LogP contribution in [-0.4, -0.2) is 15.9 Å². The molecule has 2 N–H and O–H groups in total. The molecule has 0 amide bonds. The molecule has 6 unspecified atom stereocenters.